The third-order valence-electron chi connectivity index (χ3n) is 3.79. The Morgan fingerprint density at radius 1 is 1.32 bits per heavy atom. The number of carbonyl (C=O) groups is 2. The predicted molar refractivity (Wildman–Crippen MR) is 99.2 cm³/mol. The Bertz CT molecular complexity index is 659. The molecule has 0 spiro atoms. The van der Waals surface area contributed by atoms with Gasteiger partial charge in [-0.05, 0) is 57.9 Å². The van der Waals surface area contributed by atoms with Gasteiger partial charge in [-0.25, -0.2) is 9.59 Å². The number of benzene rings is 1. The molecule has 0 N–H and O–H groups in total. The number of rotatable bonds is 3. The van der Waals surface area contributed by atoms with Crippen LogP contribution < -0.4 is 0 Å². The largest absolute Gasteiger partial charge is 0.467 e. The van der Waals surface area contributed by atoms with Gasteiger partial charge in [0.1, 0.15) is 11.6 Å². The lowest BCUT2D eigenvalue weighted by molar-refractivity contribution is -0.145. The molecule has 2 atom stereocenters. The van der Waals surface area contributed by atoms with Gasteiger partial charge in [0, 0.05) is 21.7 Å². The molecule has 1 aromatic rings. The summed E-state index contributed by atoms with van der Waals surface area (Å²) in [5.41, 5.74) is 0.457. The van der Waals surface area contributed by atoms with Crippen molar-refractivity contribution in [3.63, 3.8) is 0 Å². The molecule has 0 aromatic heterocycles. The van der Waals surface area contributed by atoms with E-state index in [0.717, 1.165) is 10.5 Å². The van der Waals surface area contributed by atoms with E-state index >= 15 is 0 Å². The molecule has 0 radical (unpaired) electrons. The van der Waals surface area contributed by atoms with E-state index in [1.165, 1.54) is 12.0 Å². The normalized spacial score (nSPS) is 20.5. The van der Waals surface area contributed by atoms with E-state index in [4.69, 9.17) is 21.1 Å². The van der Waals surface area contributed by atoms with E-state index in [1.807, 2.05) is 25.1 Å². The highest BCUT2D eigenvalue weighted by Crippen LogP contribution is 2.36. The van der Waals surface area contributed by atoms with Crippen molar-refractivity contribution in [1.82, 2.24) is 4.90 Å². The second-order valence-corrected chi connectivity index (χ2v) is 8.84. The van der Waals surface area contributed by atoms with Crippen molar-refractivity contribution >= 4 is 35.4 Å². The predicted octanol–water partition coefficient (Wildman–Crippen LogP) is 4.29. The Morgan fingerprint density at radius 2 is 2.00 bits per heavy atom. The summed E-state index contributed by atoms with van der Waals surface area (Å²) >= 11 is 7.64. The van der Waals surface area contributed by atoms with Crippen molar-refractivity contribution in [2.45, 2.75) is 55.9 Å². The smallest absolute Gasteiger partial charge is 0.411 e. The molecule has 7 heteroatoms. The highest BCUT2D eigenvalue weighted by Gasteiger charge is 2.42. The van der Waals surface area contributed by atoms with Crippen molar-refractivity contribution in [2.24, 2.45) is 0 Å². The van der Waals surface area contributed by atoms with E-state index in [9.17, 15) is 9.59 Å². The summed E-state index contributed by atoms with van der Waals surface area (Å²) in [4.78, 5) is 27.1. The minimum absolute atomic E-state index is 0.0801. The number of carbonyl (C=O) groups excluding carboxylic acids is 2. The van der Waals surface area contributed by atoms with Crippen LogP contribution in [0.25, 0.3) is 0 Å². The fraction of sp³-hybridized carbons (Fsp3) is 0.556. The number of methoxy groups -OCH3 is 1. The maximum atomic E-state index is 12.5. The molecule has 1 aliphatic rings. The quantitative estimate of drug-likeness (QED) is 0.726. The summed E-state index contributed by atoms with van der Waals surface area (Å²) in [7, 11) is 1.33. The topological polar surface area (TPSA) is 55.8 Å². The Hall–Kier alpha value is -1.40. The number of hydrogen-bond acceptors (Lipinski definition) is 5. The zero-order valence-corrected chi connectivity index (χ0v) is 16.7. The highest BCUT2D eigenvalue weighted by atomic mass is 35.5. The van der Waals surface area contributed by atoms with Gasteiger partial charge in [-0.3, -0.25) is 4.90 Å². The number of amides is 1. The Kier molecular flexibility index (Phi) is 6.27. The van der Waals surface area contributed by atoms with Gasteiger partial charge in [-0.2, -0.15) is 0 Å². The van der Waals surface area contributed by atoms with Crippen LogP contribution in [-0.2, 0) is 14.3 Å². The summed E-state index contributed by atoms with van der Waals surface area (Å²) in [6, 6.07) is 5.09. The molecule has 1 amide bonds. The second kappa shape index (κ2) is 7.87. The van der Waals surface area contributed by atoms with E-state index in [1.54, 1.807) is 32.5 Å². The SMILES string of the molecule is COC(=O)[C@@H]1C[C@@H](Sc2ccc(Cl)cc2C)CN1C(=O)OC(C)(C)C. The molecular formula is C18H24ClNO4S. The van der Waals surface area contributed by atoms with Crippen LogP contribution in [0.4, 0.5) is 4.79 Å². The lowest BCUT2D eigenvalue weighted by Gasteiger charge is -2.27. The van der Waals surface area contributed by atoms with Crippen molar-refractivity contribution in [2.75, 3.05) is 13.7 Å². The van der Waals surface area contributed by atoms with Crippen molar-refractivity contribution in [3.05, 3.63) is 28.8 Å². The number of halogens is 1. The van der Waals surface area contributed by atoms with Crippen LogP contribution in [0.2, 0.25) is 5.02 Å². The fourth-order valence-corrected chi connectivity index (χ4v) is 4.18. The molecule has 0 unspecified atom stereocenters. The van der Waals surface area contributed by atoms with Gasteiger partial charge < -0.3 is 9.47 Å². The summed E-state index contributed by atoms with van der Waals surface area (Å²) in [5, 5.41) is 0.771. The molecule has 0 aliphatic carbocycles. The van der Waals surface area contributed by atoms with Crippen LogP contribution in [0.3, 0.4) is 0 Å². The molecule has 25 heavy (non-hydrogen) atoms. The number of nitrogens with zero attached hydrogens (tertiary/aromatic N) is 1. The summed E-state index contributed by atoms with van der Waals surface area (Å²) in [6.45, 7) is 7.83. The van der Waals surface area contributed by atoms with Crippen LogP contribution in [0.15, 0.2) is 23.1 Å². The minimum atomic E-state index is -0.620. The van der Waals surface area contributed by atoms with Gasteiger partial charge in [-0.1, -0.05) is 11.6 Å². The molecule has 1 aliphatic heterocycles. The van der Waals surface area contributed by atoms with Gasteiger partial charge in [0.15, 0.2) is 0 Å². The van der Waals surface area contributed by atoms with Crippen LogP contribution in [0, 0.1) is 6.92 Å². The number of esters is 1. The minimum Gasteiger partial charge on any atom is -0.467 e. The Balaban J connectivity index is 2.14. The summed E-state index contributed by atoms with van der Waals surface area (Å²) in [6.07, 6.45) is 0.0392. The van der Waals surface area contributed by atoms with Gasteiger partial charge in [0.05, 0.1) is 7.11 Å². The monoisotopic (exact) mass is 385 g/mol. The van der Waals surface area contributed by atoms with Gasteiger partial charge in [0.25, 0.3) is 0 Å². The lowest BCUT2D eigenvalue weighted by Crippen LogP contribution is -2.43. The van der Waals surface area contributed by atoms with E-state index < -0.39 is 23.7 Å². The Morgan fingerprint density at radius 3 is 2.56 bits per heavy atom. The number of thioether (sulfide) groups is 1. The van der Waals surface area contributed by atoms with Crippen LogP contribution >= 0.6 is 23.4 Å². The lowest BCUT2D eigenvalue weighted by atomic mass is 10.2. The molecule has 1 fully saturated rings. The van der Waals surface area contributed by atoms with Gasteiger partial charge >= 0.3 is 12.1 Å². The molecule has 1 heterocycles. The first-order valence-corrected chi connectivity index (χ1v) is 9.36. The first kappa shape index (κ1) is 19.9. The first-order chi connectivity index (χ1) is 11.6. The van der Waals surface area contributed by atoms with Gasteiger partial charge in [0.2, 0.25) is 0 Å². The van der Waals surface area contributed by atoms with Crippen molar-refractivity contribution in [3.8, 4) is 0 Å². The van der Waals surface area contributed by atoms with E-state index in [0.29, 0.717) is 18.0 Å². The molecular weight excluding hydrogens is 362 g/mol. The average molecular weight is 386 g/mol. The van der Waals surface area contributed by atoms with E-state index in [-0.39, 0.29) is 5.25 Å². The van der Waals surface area contributed by atoms with E-state index in [2.05, 4.69) is 0 Å². The molecule has 138 valence electrons. The summed E-state index contributed by atoms with van der Waals surface area (Å²) in [5.74, 6) is -0.415. The van der Waals surface area contributed by atoms with Gasteiger partial charge in [-0.15, -0.1) is 11.8 Å². The molecule has 1 aromatic carbocycles. The zero-order chi connectivity index (χ0) is 18.8. The fourth-order valence-electron chi connectivity index (χ4n) is 2.69. The Labute approximate surface area is 158 Å². The average Bonchev–Trinajstić information content (AvgIpc) is 2.92. The molecule has 0 saturated carbocycles. The third-order valence-corrected chi connectivity index (χ3v) is 5.42. The van der Waals surface area contributed by atoms with Crippen LogP contribution in [0.1, 0.15) is 32.8 Å². The third kappa shape index (κ3) is 5.28. The maximum Gasteiger partial charge on any atom is 0.411 e. The number of ether oxygens (including phenoxy) is 2. The highest BCUT2D eigenvalue weighted by molar-refractivity contribution is 8.00. The maximum absolute atomic E-state index is 12.5. The standard InChI is InChI=1S/C18H24ClNO4S/c1-11-8-12(19)6-7-15(11)25-13-9-14(16(21)23-5)20(10-13)17(22)24-18(2,3)4/h6-8,13-14H,9-10H2,1-5H3/t13-,14+/m1/s1. The molecule has 5 nitrogen and oxygen atoms in total. The number of hydrogen-bond donors (Lipinski definition) is 0. The number of likely N-dealkylation sites (tertiary alicyclic amines) is 1. The first-order valence-electron chi connectivity index (χ1n) is 8.11. The molecule has 2 rings (SSSR count). The zero-order valence-electron chi connectivity index (χ0n) is 15.2. The van der Waals surface area contributed by atoms with Crippen LogP contribution in [-0.4, -0.2) is 47.5 Å². The van der Waals surface area contributed by atoms with Crippen LogP contribution in [0.5, 0.6) is 0 Å². The number of aryl methyl sites for hydroxylation is 1. The molecule has 1 saturated heterocycles. The summed E-state index contributed by atoms with van der Waals surface area (Å²) < 4.78 is 10.3. The molecule has 0 bridgehead atoms. The van der Waals surface area contributed by atoms with Crippen molar-refractivity contribution < 1.29 is 19.1 Å². The second-order valence-electron chi connectivity index (χ2n) is 7.06. The van der Waals surface area contributed by atoms with Crippen molar-refractivity contribution in [1.29, 1.82) is 0 Å².